The number of hydrogen-bond donors (Lipinski definition) is 0. The molecule has 2 fully saturated rings. The number of terminal acetylenes is 1. The topological polar surface area (TPSA) is 17.3 Å². The molecule has 0 radical (unpaired) electrons. The predicted octanol–water partition coefficient (Wildman–Crippen LogP) is 5.09. The number of piperazine rings is 1. The van der Waals surface area contributed by atoms with Gasteiger partial charge in [0.05, 0.1) is 0 Å². The van der Waals surface area contributed by atoms with E-state index in [0.717, 1.165) is 26.2 Å². The minimum atomic E-state index is -1.52. The summed E-state index contributed by atoms with van der Waals surface area (Å²) in [5.74, 6) is 4.93. The summed E-state index contributed by atoms with van der Waals surface area (Å²) < 4.78 is 2.75. The fraction of sp³-hybridized carbons (Fsp3) is 0.611. The average molecular weight is 419 g/mol. The third kappa shape index (κ3) is 5.01. The van der Waals surface area contributed by atoms with Crippen LogP contribution in [0.1, 0.15) is 6.42 Å². The van der Waals surface area contributed by atoms with Gasteiger partial charge in [0.25, 0.3) is 0 Å². The first-order valence-electron chi connectivity index (χ1n) is 8.22. The first-order valence-corrected chi connectivity index (χ1v) is 15.5. The Bertz CT molecular complexity index is 484. The van der Waals surface area contributed by atoms with E-state index in [4.69, 9.17) is 25.0 Å². The normalized spacial score (nSPS) is 32.0. The SMILES string of the molecule is C#CC1CC2C=CC=CC2C1[Si](C)(C)N1CC[N-]CC1.[CH3-].[Cl][Ti][Cl]. The van der Waals surface area contributed by atoms with Crippen molar-refractivity contribution in [2.24, 2.45) is 17.8 Å². The molecule has 0 aromatic rings. The summed E-state index contributed by atoms with van der Waals surface area (Å²) >= 11 is -0.556. The third-order valence-corrected chi connectivity index (χ3v) is 10.1. The predicted molar refractivity (Wildman–Crippen MR) is 106 cm³/mol. The summed E-state index contributed by atoms with van der Waals surface area (Å²) in [4.78, 5) is 0. The molecular formula is C18H28Cl2N2SiTi-2. The van der Waals surface area contributed by atoms with Gasteiger partial charge in [0.2, 0.25) is 0 Å². The first-order chi connectivity index (χ1) is 11.1. The van der Waals surface area contributed by atoms with Crippen molar-refractivity contribution < 1.29 is 17.0 Å². The van der Waals surface area contributed by atoms with Gasteiger partial charge in [0, 0.05) is 5.92 Å². The molecule has 0 bridgehead atoms. The van der Waals surface area contributed by atoms with Crippen LogP contribution in [0.2, 0.25) is 18.6 Å². The quantitative estimate of drug-likeness (QED) is 0.346. The molecule has 4 unspecified atom stereocenters. The fourth-order valence-corrected chi connectivity index (χ4v) is 8.82. The fourth-order valence-electron chi connectivity index (χ4n) is 4.53. The number of nitrogens with zero attached hydrogens (tertiary/aromatic N) is 2. The second kappa shape index (κ2) is 10.6. The molecule has 0 aromatic carbocycles. The summed E-state index contributed by atoms with van der Waals surface area (Å²) in [5, 5.41) is 4.50. The molecule has 3 aliphatic rings. The van der Waals surface area contributed by atoms with Gasteiger partial charge in [-0.2, -0.15) is 0 Å². The van der Waals surface area contributed by atoms with Crippen LogP contribution in [0.25, 0.3) is 5.32 Å². The van der Waals surface area contributed by atoms with Crippen LogP contribution >= 0.6 is 18.6 Å². The van der Waals surface area contributed by atoms with Crippen LogP contribution < -0.4 is 0 Å². The van der Waals surface area contributed by atoms with Crippen molar-refractivity contribution in [3.05, 3.63) is 37.0 Å². The van der Waals surface area contributed by atoms with Crippen molar-refractivity contribution in [3.63, 3.8) is 0 Å². The van der Waals surface area contributed by atoms with Gasteiger partial charge in [0.15, 0.2) is 0 Å². The van der Waals surface area contributed by atoms with Gasteiger partial charge in [-0.25, -0.2) is 0 Å². The molecule has 0 N–H and O–H groups in total. The Kier molecular flexibility index (Phi) is 9.92. The molecule has 0 aromatic heterocycles. The molecule has 6 heteroatoms. The number of rotatable bonds is 2. The Labute approximate surface area is 166 Å². The van der Waals surface area contributed by atoms with Crippen LogP contribution in [-0.2, 0) is 17.0 Å². The molecule has 1 aliphatic heterocycles. The third-order valence-electron chi connectivity index (χ3n) is 5.57. The molecule has 1 heterocycles. The van der Waals surface area contributed by atoms with Crippen molar-refractivity contribution in [1.29, 1.82) is 0 Å². The summed E-state index contributed by atoms with van der Waals surface area (Å²) in [6, 6.07) is 0. The summed E-state index contributed by atoms with van der Waals surface area (Å²) in [5.41, 5.74) is 0.691. The van der Waals surface area contributed by atoms with Gasteiger partial charge >= 0.3 is 35.6 Å². The zero-order chi connectivity index (χ0) is 16.9. The van der Waals surface area contributed by atoms with Crippen molar-refractivity contribution >= 4 is 26.8 Å². The Hall–Kier alpha value is 0.471. The summed E-state index contributed by atoms with van der Waals surface area (Å²) in [7, 11) is 8.26. The molecule has 3 rings (SSSR count). The van der Waals surface area contributed by atoms with Crippen LogP contribution in [0, 0.1) is 37.5 Å². The Morgan fingerprint density at radius 3 is 2.38 bits per heavy atom. The number of allylic oxidation sites excluding steroid dienone is 4. The minimum absolute atomic E-state index is 0. The van der Waals surface area contributed by atoms with Crippen molar-refractivity contribution in [3.8, 4) is 12.3 Å². The van der Waals surface area contributed by atoms with Crippen LogP contribution in [-0.4, -0.2) is 39.0 Å². The van der Waals surface area contributed by atoms with Crippen LogP contribution in [0.4, 0.5) is 0 Å². The second-order valence-electron chi connectivity index (χ2n) is 6.93. The molecule has 0 amide bonds. The Morgan fingerprint density at radius 1 is 1.21 bits per heavy atom. The van der Waals surface area contributed by atoms with Crippen molar-refractivity contribution in [1.82, 2.24) is 4.57 Å². The zero-order valence-corrected chi connectivity index (χ0v) is 19.0. The van der Waals surface area contributed by atoms with Crippen molar-refractivity contribution in [2.75, 3.05) is 26.2 Å². The van der Waals surface area contributed by atoms with Gasteiger partial charge in [0.1, 0.15) is 8.24 Å². The number of fused-ring (bicyclic) bond motifs is 1. The standard InChI is InChI=1S/C17H25N2Si.CH3.2ClH.Ti/c1-4-14-13-15-7-5-6-8-16(15)17(14)20(2,3)19-11-9-18-10-12-19;;;;/h1,5-8,14-17H,9-13H2,2-3H3;1H3;2*1H;/q2*-1;;;+2/p-2. The second-order valence-corrected chi connectivity index (χ2v) is 14.1. The van der Waals surface area contributed by atoms with E-state index in [1.165, 1.54) is 6.42 Å². The van der Waals surface area contributed by atoms with E-state index in [1.807, 2.05) is 0 Å². The monoisotopic (exact) mass is 418 g/mol. The van der Waals surface area contributed by atoms with Gasteiger partial charge < -0.3 is 17.3 Å². The molecule has 4 atom stereocenters. The molecule has 24 heavy (non-hydrogen) atoms. The maximum atomic E-state index is 5.89. The van der Waals surface area contributed by atoms with Gasteiger partial charge in [-0.1, -0.05) is 37.4 Å². The zero-order valence-electron chi connectivity index (χ0n) is 14.9. The Balaban J connectivity index is 0.000000671. The number of halogens is 2. The van der Waals surface area contributed by atoms with Gasteiger partial charge in [-0.15, -0.1) is 25.4 Å². The first kappa shape index (κ1) is 22.5. The van der Waals surface area contributed by atoms with E-state index in [1.54, 1.807) is 0 Å². The van der Waals surface area contributed by atoms with E-state index in [-0.39, 0.29) is 7.43 Å². The Morgan fingerprint density at radius 2 is 1.79 bits per heavy atom. The van der Waals surface area contributed by atoms with E-state index in [9.17, 15) is 0 Å². The van der Waals surface area contributed by atoms with Gasteiger partial charge in [-0.05, 0) is 36.9 Å². The van der Waals surface area contributed by atoms with E-state index >= 15 is 0 Å². The van der Waals surface area contributed by atoms with Crippen LogP contribution in [0.5, 0.6) is 0 Å². The molecule has 2 aliphatic carbocycles. The van der Waals surface area contributed by atoms with Crippen LogP contribution in [0.15, 0.2) is 24.3 Å². The molecule has 2 nitrogen and oxygen atoms in total. The van der Waals surface area contributed by atoms with E-state index in [2.05, 4.69) is 53.2 Å². The molecule has 1 saturated carbocycles. The van der Waals surface area contributed by atoms with Crippen molar-refractivity contribution in [2.45, 2.75) is 25.1 Å². The van der Waals surface area contributed by atoms with E-state index in [0.29, 0.717) is 23.3 Å². The molecular weight excluding hydrogens is 391 g/mol. The number of hydrogen-bond acceptors (Lipinski definition) is 1. The molecule has 134 valence electrons. The molecule has 1 saturated heterocycles. The maximum absolute atomic E-state index is 5.89. The summed E-state index contributed by atoms with van der Waals surface area (Å²) in [6.45, 7) is 9.36. The van der Waals surface area contributed by atoms with Crippen LogP contribution in [0.3, 0.4) is 0 Å². The molecule has 0 spiro atoms. The average Bonchev–Trinajstić information content (AvgIpc) is 2.95. The summed E-state index contributed by atoms with van der Waals surface area (Å²) in [6.07, 6.45) is 16.3. The van der Waals surface area contributed by atoms with E-state index < -0.39 is 25.3 Å². The van der Waals surface area contributed by atoms with Gasteiger partial charge in [-0.3, -0.25) is 0 Å².